The van der Waals surface area contributed by atoms with Gasteiger partial charge in [0.25, 0.3) is 20.2 Å². The monoisotopic (exact) mass is 558 g/mol. The molecular weight excluding hydrogens is 536 g/mol. The van der Waals surface area contributed by atoms with Gasteiger partial charge < -0.3 is 10.4 Å². The third-order valence-corrected chi connectivity index (χ3v) is 7.31. The maximum Gasteiger partial charge on any atom is 0.296 e. The fourth-order valence-electron chi connectivity index (χ4n) is 3.91. The fraction of sp³-hybridized carbons (Fsp3) is 0.174. The standard InChI is InChI=1S/C23H22N6O7S2/c1-11-6-5-7-12(2)20(11)28-29-21-18(38(34,35)36)10-15-17(37(31,32)33)9-8-16(19(15)22(21)30)27-23-25-13(3)24-14(4)26-23/h5-10,30H,1-4H3,(H,31,32,33)(H,34,35,36)(H,24,25,26,27). The van der Waals surface area contributed by atoms with Crippen LogP contribution in [0.2, 0.25) is 0 Å². The van der Waals surface area contributed by atoms with E-state index in [1.54, 1.807) is 45.9 Å². The molecule has 0 radical (unpaired) electrons. The van der Waals surface area contributed by atoms with E-state index in [-0.39, 0.29) is 17.0 Å². The molecule has 1 heterocycles. The minimum absolute atomic E-state index is 0.0420. The summed E-state index contributed by atoms with van der Waals surface area (Å²) in [6.45, 7) is 6.76. The minimum Gasteiger partial charge on any atom is -0.505 e. The number of hydrogen-bond donors (Lipinski definition) is 4. The van der Waals surface area contributed by atoms with Crippen molar-refractivity contribution in [3.63, 3.8) is 0 Å². The predicted molar refractivity (Wildman–Crippen MR) is 138 cm³/mol. The van der Waals surface area contributed by atoms with Gasteiger partial charge in [0.15, 0.2) is 5.75 Å². The van der Waals surface area contributed by atoms with Crippen molar-refractivity contribution >= 4 is 54.0 Å². The van der Waals surface area contributed by atoms with Crippen LogP contribution in [0, 0.1) is 27.7 Å². The van der Waals surface area contributed by atoms with Crippen LogP contribution in [0.5, 0.6) is 5.75 Å². The molecule has 0 saturated heterocycles. The number of azo groups is 1. The van der Waals surface area contributed by atoms with Gasteiger partial charge in [0.05, 0.1) is 16.8 Å². The Hall–Kier alpha value is -4.05. The number of aryl methyl sites for hydroxylation is 4. The Morgan fingerprint density at radius 2 is 1.32 bits per heavy atom. The van der Waals surface area contributed by atoms with E-state index in [0.717, 1.165) is 12.1 Å². The first-order chi connectivity index (χ1) is 17.7. The van der Waals surface area contributed by atoms with Crippen molar-refractivity contribution in [2.45, 2.75) is 37.5 Å². The van der Waals surface area contributed by atoms with Gasteiger partial charge in [-0.1, -0.05) is 18.2 Å². The molecule has 0 aliphatic heterocycles. The van der Waals surface area contributed by atoms with E-state index in [9.17, 15) is 31.0 Å². The van der Waals surface area contributed by atoms with E-state index in [1.807, 2.05) is 0 Å². The zero-order valence-corrected chi connectivity index (χ0v) is 22.1. The fourth-order valence-corrected chi connectivity index (χ4v) is 5.24. The number of aromatic hydroxyl groups is 1. The number of benzene rings is 3. The minimum atomic E-state index is -5.06. The van der Waals surface area contributed by atoms with Crippen molar-refractivity contribution in [3.8, 4) is 5.75 Å². The van der Waals surface area contributed by atoms with Crippen LogP contribution in [0.15, 0.2) is 56.4 Å². The van der Waals surface area contributed by atoms with Crippen LogP contribution < -0.4 is 5.32 Å². The second-order valence-corrected chi connectivity index (χ2v) is 11.2. The van der Waals surface area contributed by atoms with Crippen molar-refractivity contribution < 1.29 is 31.0 Å². The van der Waals surface area contributed by atoms with E-state index in [4.69, 9.17) is 0 Å². The SMILES string of the molecule is Cc1nc(C)nc(Nc2ccc(S(=O)(=O)O)c3cc(S(=O)(=O)O)c(N=Nc4c(C)cccc4C)c(O)c23)n1. The summed E-state index contributed by atoms with van der Waals surface area (Å²) in [7, 11) is -9.96. The van der Waals surface area contributed by atoms with Crippen LogP contribution in [0.25, 0.3) is 10.8 Å². The zero-order valence-electron chi connectivity index (χ0n) is 20.5. The van der Waals surface area contributed by atoms with Crippen LogP contribution >= 0.6 is 0 Å². The third-order valence-electron chi connectivity index (χ3n) is 5.53. The first-order valence-corrected chi connectivity index (χ1v) is 13.8. The molecule has 13 nitrogen and oxygen atoms in total. The van der Waals surface area contributed by atoms with Crippen LogP contribution in [-0.4, -0.2) is 46.0 Å². The van der Waals surface area contributed by atoms with Crippen molar-refractivity contribution in [3.05, 3.63) is 59.2 Å². The number of hydrogen-bond acceptors (Lipinski definition) is 11. The zero-order chi connectivity index (χ0) is 28.0. The van der Waals surface area contributed by atoms with Crippen molar-refractivity contribution in [2.24, 2.45) is 10.2 Å². The topological polar surface area (TPSA) is 204 Å². The van der Waals surface area contributed by atoms with Crippen molar-refractivity contribution in [1.82, 2.24) is 15.0 Å². The lowest BCUT2D eigenvalue weighted by atomic mass is 10.1. The van der Waals surface area contributed by atoms with E-state index in [1.165, 1.54) is 6.07 Å². The highest BCUT2D eigenvalue weighted by Crippen LogP contribution is 2.46. The quantitative estimate of drug-likeness (QED) is 0.190. The van der Waals surface area contributed by atoms with Gasteiger partial charge in [-0.3, -0.25) is 9.11 Å². The average molecular weight is 559 g/mol. The highest BCUT2D eigenvalue weighted by atomic mass is 32.2. The first-order valence-electron chi connectivity index (χ1n) is 10.9. The molecule has 3 aromatic carbocycles. The molecule has 0 amide bonds. The lowest BCUT2D eigenvalue weighted by molar-refractivity contribution is 0.471. The number of phenols is 1. The van der Waals surface area contributed by atoms with Crippen LogP contribution in [0.1, 0.15) is 22.8 Å². The Balaban J connectivity index is 2.08. The molecule has 0 unspecified atom stereocenters. The summed E-state index contributed by atoms with van der Waals surface area (Å²) < 4.78 is 68.5. The van der Waals surface area contributed by atoms with Gasteiger partial charge in [0.1, 0.15) is 27.1 Å². The van der Waals surface area contributed by atoms with Gasteiger partial charge in [0.2, 0.25) is 5.95 Å². The Morgan fingerprint density at radius 1 is 0.763 bits per heavy atom. The van der Waals surface area contributed by atoms with Crippen LogP contribution in [0.3, 0.4) is 0 Å². The Morgan fingerprint density at radius 3 is 1.87 bits per heavy atom. The smallest absolute Gasteiger partial charge is 0.296 e. The molecule has 0 aliphatic carbocycles. The second-order valence-electron chi connectivity index (χ2n) is 8.37. The van der Waals surface area contributed by atoms with Gasteiger partial charge >= 0.3 is 0 Å². The number of anilines is 2. The van der Waals surface area contributed by atoms with Crippen molar-refractivity contribution in [1.29, 1.82) is 0 Å². The summed E-state index contributed by atoms with van der Waals surface area (Å²) in [5.74, 6) is -0.0341. The number of nitrogens with one attached hydrogen (secondary N) is 1. The molecule has 0 fully saturated rings. The summed E-state index contributed by atoms with van der Waals surface area (Å²) in [5.41, 5.74) is 1.20. The molecule has 0 spiro atoms. The Labute approximate surface area is 217 Å². The number of phenolic OH excluding ortho intramolecular Hbond substituents is 1. The van der Waals surface area contributed by atoms with Gasteiger partial charge in [-0.2, -0.15) is 26.8 Å². The molecule has 4 aromatic rings. The van der Waals surface area contributed by atoms with Crippen molar-refractivity contribution in [2.75, 3.05) is 5.32 Å². The lowest BCUT2D eigenvalue weighted by Crippen LogP contribution is -2.06. The summed E-state index contributed by atoms with van der Waals surface area (Å²) in [6.07, 6.45) is 0. The molecule has 15 heteroatoms. The third kappa shape index (κ3) is 5.31. The number of rotatable bonds is 6. The molecule has 4 rings (SSSR count). The van der Waals surface area contributed by atoms with Crippen LogP contribution in [-0.2, 0) is 20.2 Å². The second kappa shape index (κ2) is 9.68. The van der Waals surface area contributed by atoms with E-state index < -0.39 is 46.9 Å². The summed E-state index contributed by atoms with van der Waals surface area (Å²) >= 11 is 0. The van der Waals surface area contributed by atoms with Gasteiger partial charge in [0, 0.05) is 5.39 Å². The normalized spacial score (nSPS) is 12.4. The maximum atomic E-state index is 12.3. The molecule has 4 N–H and O–H groups in total. The largest absolute Gasteiger partial charge is 0.505 e. The maximum absolute atomic E-state index is 12.3. The highest BCUT2D eigenvalue weighted by molar-refractivity contribution is 7.86. The molecule has 0 saturated carbocycles. The number of fused-ring (bicyclic) bond motifs is 1. The lowest BCUT2D eigenvalue weighted by Gasteiger charge is -2.15. The molecule has 198 valence electrons. The summed E-state index contributed by atoms with van der Waals surface area (Å²) in [4.78, 5) is 10.7. The predicted octanol–water partition coefficient (Wildman–Crippen LogP) is 4.62. The Kier molecular flexibility index (Phi) is 6.88. The summed E-state index contributed by atoms with van der Waals surface area (Å²) in [5, 5.41) is 21.5. The molecule has 0 aliphatic rings. The average Bonchev–Trinajstić information content (AvgIpc) is 2.77. The molecule has 1 aromatic heterocycles. The van der Waals surface area contributed by atoms with E-state index >= 15 is 0 Å². The molecule has 0 atom stereocenters. The van der Waals surface area contributed by atoms with E-state index in [0.29, 0.717) is 28.5 Å². The molecule has 38 heavy (non-hydrogen) atoms. The first kappa shape index (κ1) is 27.0. The molecule has 0 bridgehead atoms. The number of aromatic nitrogens is 3. The molecular formula is C23H22N6O7S2. The van der Waals surface area contributed by atoms with Gasteiger partial charge in [-0.25, -0.2) is 4.98 Å². The van der Waals surface area contributed by atoms with Crippen LogP contribution in [0.4, 0.5) is 23.0 Å². The Bertz CT molecular complexity index is 1820. The van der Waals surface area contributed by atoms with E-state index in [2.05, 4.69) is 30.5 Å². The summed E-state index contributed by atoms with van der Waals surface area (Å²) in [6, 6.07) is 8.29. The number of nitrogens with zero attached hydrogens (tertiary/aromatic N) is 5. The van der Waals surface area contributed by atoms with Gasteiger partial charge in [-0.05, 0) is 57.0 Å². The van der Waals surface area contributed by atoms with Gasteiger partial charge in [-0.15, -0.1) is 10.2 Å². The highest BCUT2D eigenvalue weighted by Gasteiger charge is 2.27.